The number of halogens is 2. The maximum atomic E-state index is 13.9. The van der Waals surface area contributed by atoms with Crippen molar-refractivity contribution in [2.75, 3.05) is 7.11 Å². The second kappa shape index (κ2) is 5.22. The summed E-state index contributed by atoms with van der Waals surface area (Å²) in [5.41, 5.74) is 0.336. The Morgan fingerprint density at radius 2 is 2.05 bits per heavy atom. The molecule has 5 heteroatoms. The molecule has 3 nitrogen and oxygen atoms in total. The van der Waals surface area contributed by atoms with Crippen LogP contribution in [0.25, 0.3) is 11.0 Å². The number of rotatable bonds is 3. The lowest BCUT2D eigenvalue weighted by Crippen LogP contribution is -2.03. The van der Waals surface area contributed by atoms with E-state index in [1.807, 2.05) is 0 Å². The number of carbonyl (C=O) groups excluding carboxylic acids is 1. The molecule has 0 saturated carbocycles. The molecular formula is C16H10ClFO3. The maximum absolute atomic E-state index is 13.9. The molecule has 0 spiro atoms. The van der Waals surface area contributed by atoms with E-state index in [1.165, 1.54) is 19.2 Å². The lowest BCUT2D eigenvalue weighted by atomic mass is 10.1. The molecule has 3 aromatic rings. The van der Waals surface area contributed by atoms with Crippen LogP contribution in [0.4, 0.5) is 4.39 Å². The van der Waals surface area contributed by atoms with E-state index >= 15 is 0 Å². The molecule has 0 bridgehead atoms. The van der Waals surface area contributed by atoms with Crippen molar-refractivity contribution in [2.24, 2.45) is 0 Å². The number of methoxy groups -OCH3 is 1. The second-order valence-corrected chi connectivity index (χ2v) is 4.85. The number of ketones is 1. The minimum Gasteiger partial charge on any atom is -0.497 e. The molecule has 21 heavy (non-hydrogen) atoms. The van der Waals surface area contributed by atoms with Crippen LogP contribution in [0.5, 0.6) is 5.75 Å². The van der Waals surface area contributed by atoms with Crippen LogP contribution in [0.1, 0.15) is 16.1 Å². The first-order valence-electron chi connectivity index (χ1n) is 6.16. The molecule has 1 aromatic heterocycles. The third kappa shape index (κ3) is 2.38. The predicted octanol–water partition coefficient (Wildman–Crippen LogP) is 4.46. The predicted molar refractivity (Wildman–Crippen MR) is 77.6 cm³/mol. The van der Waals surface area contributed by atoms with Crippen LogP contribution in [0.15, 0.2) is 46.9 Å². The van der Waals surface area contributed by atoms with Crippen LogP contribution in [0.3, 0.4) is 0 Å². The van der Waals surface area contributed by atoms with Crippen LogP contribution in [0, 0.1) is 5.82 Å². The van der Waals surface area contributed by atoms with Gasteiger partial charge in [0.2, 0.25) is 5.78 Å². The van der Waals surface area contributed by atoms with Crippen LogP contribution < -0.4 is 4.74 Å². The van der Waals surface area contributed by atoms with Gasteiger partial charge in [-0.3, -0.25) is 4.79 Å². The summed E-state index contributed by atoms with van der Waals surface area (Å²) >= 11 is 6.00. The van der Waals surface area contributed by atoms with Gasteiger partial charge in [0.05, 0.1) is 17.7 Å². The summed E-state index contributed by atoms with van der Waals surface area (Å²) < 4.78 is 24.3. The van der Waals surface area contributed by atoms with E-state index < -0.39 is 11.6 Å². The molecule has 0 saturated heterocycles. The third-order valence-corrected chi connectivity index (χ3v) is 3.44. The molecule has 3 rings (SSSR count). The van der Waals surface area contributed by atoms with Gasteiger partial charge < -0.3 is 9.15 Å². The van der Waals surface area contributed by atoms with Crippen LogP contribution >= 0.6 is 11.6 Å². The van der Waals surface area contributed by atoms with Crippen molar-refractivity contribution in [3.05, 3.63) is 64.6 Å². The highest BCUT2D eigenvalue weighted by Crippen LogP contribution is 2.28. The highest BCUT2D eigenvalue weighted by molar-refractivity contribution is 6.35. The van der Waals surface area contributed by atoms with Crippen LogP contribution in [0.2, 0.25) is 5.02 Å². The quantitative estimate of drug-likeness (QED) is 0.670. The van der Waals surface area contributed by atoms with Crippen LogP contribution in [-0.2, 0) is 0 Å². The van der Waals surface area contributed by atoms with Crippen LogP contribution in [-0.4, -0.2) is 12.9 Å². The molecule has 0 atom stereocenters. The van der Waals surface area contributed by atoms with Gasteiger partial charge >= 0.3 is 0 Å². The van der Waals surface area contributed by atoms with E-state index in [0.29, 0.717) is 21.7 Å². The summed E-state index contributed by atoms with van der Waals surface area (Å²) in [6.07, 6.45) is 0. The lowest BCUT2D eigenvalue weighted by Gasteiger charge is -2.03. The van der Waals surface area contributed by atoms with Crippen molar-refractivity contribution in [1.29, 1.82) is 0 Å². The number of para-hydroxylation sites is 1. The summed E-state index contributed by atoms with van der Waals surface area (Å²) in [5, 5.41) is 1.10. The fraction of sp³-hybridized carbons (Fsp3) is 0.0625. The molecular weight excluding hydrogens is 295 g/mol. The average Bonchev–Trinajstić information content (AvgIpc) is 2.92. The molecule has 0 radical (unpaired) electrons. The van der Waals surface area contributed by atoms with Crippen molar-refractivity contribution < 1.29 is 18.3 Å². The van der Waals surface area contributed by atoms with Gasteiger partial charge in [-0.15, -0.1) is 0 Å². The molecule has 106 valence electrons. The number of carbonyl (C=O) groups is 1. The zero-order valence-electron chi connectivity index (χ0n) is 11.0. The van der Waals surface area contributed by atoms with Gasteiger partial charge in [-0.05, 0) is 24.3 Å². The van der Waals surface area contributed by atoms with Gasteiger partial charge in [0.15, 0.2) is 11.3 Å². The Labute approximate surface area is 124 Å². The lowest BCUT2D eigenvalue weighted by molar-refractivity contribution is 0.101. The number of benzene rings is 2. The van der Waals surface area contributed by atoms with E-state index in [4.69, 9.17) is 20.8 Å². The molecule has 0 aliphatic heterocycles. The van der Waals surface area contributed by atoms with E-state index in [2.05, 4.69) is 0 Å². The Bertz CT molecular complexity index is 839. The zero-order valence-corrected chi connectivity index (χ0v) is 11.8. The molecule has 0 amide bonds. The first kappa shape index (κ1) is 13.6. The highest BCUT2D eigenvalue weighted by atomic mass is 35.5. The monoisotopic (exact) mass is 304 g/mol. The molecule has 0 N–H and O–H groups in total. The van der Waals surface area contributed by atoms with E-state index in [1.54, 1.807) is 24.3 Å². The van der Waals surface area contributed by atoms with Crippen molar-refractivity contribution in [1.82, 2.24) is 0 Å². The Kier molecular flexibility index (Phi) is 3.39. The minimum absolute atomic E-state index is 0.0437. The Morgan fingerprint density at radius 3 is 2.71 bits per heavy atom. The Hall–Kier alpha value is -2.33. The number of hydrogen-bond acceptors (Lipinski definition) is 3. The Morgan fingerprint density at radius 1 is 1.24 bits per heavy atom. The van der Waals surface area contributed by atoms with E-state index in [9.17, 15) is 9.18 Å². The first-order chi connectivity index (χ1) is 10.1. The maximum Gasteiger partial charge on any atom is 0.231 e. The average molecular weight is 305 g/mol. The number of ether oxygens (including phenoxy) is 1. The molecule has 2 aromatic carbocycles. The fourth-order valence-electron chi connectivity index (χ4n) is 2.08. The molecule has 0 aliphatic rings. The molecule has 0 unspecified atom stereocenters. The normalized spacial score (nSPS) is 10.8. The summed E-state index contributed by atoms with van der Waals surface area (Å²) in [5.74, 6) is -0.813. The third-order valence-electron chi connectivity index (χ3n) is 3.14. The zero-order chi connectivity index (χ0) is 15.0. The fourth-order valence-corrected chi connectivity index (χ4v) is 2.30. The molecule has 0 fully saturated rings. The van der Waals surface area contributed by atoms with Gasteiger partial charge in [0.25, 0.3) is 0 Å². The number of hydrogen-bond donors (Lipinski definition) is 0. The van der Waals surface area contributed by atoms with Gasteiger partial charge in [0.1, 0.15) is 11.6 Å². The Balaban J connectivity index is 2.06. The summed E-state index contributed by atoms with van der Waals surface area (Å²) in [4.78, 5) is 12.3. The summed E-state index contributed by atoms with van der Waals surface area (Å²) in [6.45, 7) is 0. The van der Waals surface area contributed by atoms with Crippen molar-refractivity contribution >= 4 is 28.4 Å². The van der Waals surface area contributed by atoms with Gasteiger partial charge in [0, 0.05) is 11.5 Å². The smallest absolute Gasteiger partial charge is 0.231 e. The largest absolute Gasteiger partial charge is 0.497 e. The van der Waals surface area contributed by atoms with Gasteiger partial charge in [-0.25, -0.2) is 4.39 Å². The topological polar surface area (TPSA) is 39.4 Å². The second-order valence-electron chi connectivity index (χ2n) is 4.44. The standard InChI is InChI=1S/C16H10ClFO3/c1-20-10-5-6-11(13(18)8-10)15(19)14-7-9-3-2-4-12(17)16(9)21-14/h2-8H,1H3. The van der Waals surface area contributed by atoms with Crippen molar-refractivity contribution in [3.63, 3.8) is 0 Å². The number of fused-ring (bicyclic) bond motifs is 1. The molecule has 0 aliphatic carbocycles. The summed E-state index contributed by atoms with van der Waals surface area (Å²) in [7, 11) is 1.43. The highest BCUT2D eigenvalue weighted by Gasteiger charge is 2.19. The van der Waals surface area contributed by atoms with E-state index in [0.717, 1.165) is 6.07 Å². The van der Waals surface area contributed by atoms with E-state index in [-0.39, 0.29) is 11.3 Å². The van der Waals surface area contributed by atoms with Crippen molar-refractivity contribution in [3.8, 4) is 5.75 Å². The first-order valence-corrected chi connectivity index (χ1v) is 6.54. The molecule has 1 heterocycles. The minimum atomic E-state index is -0.661. The SMILES string of the molecule is COc1ccc(C(=O)c2cc3cccc(Cl)c3o2)c(F)c1. The summed E-state index contributed by atoms with van der Waals surface area (Å²) in [6, 6.07) is 10.8. The van der Waals surface area contributed by atoms with Gasteiger partial charge in [-0.1, -0.05) is 23.7 Å². The van der Waals surface area contributed by atoms with Crippen molar-refractivity contribution in [2.45, 2.75) is 0 Å². The van der Waals surface area contributed by atoms with Gasteiger partial charge in [-0.2, -0.15) is 0 Å². The number of furan rings is 1.